The van der Waals surface area contributed by atoms with Crippen LogP contribution in [0.1, 0.15) is 35.6 Å². The van der Waals surface area contributed by atoms with Gasteiger partial charge in [-0.3, -0.25) is 14.9 Å². The number of fused-ring (bicyclic) bond motifs is 2. The van der Waals surface area contributed by atoms with E-state index in [1.807, 2.05) is 90.8 Å². The van der Waals surface area contributed by atoms with E-state index in [0.29, 0.717) is 37.7 Å². The topological polar surface area (TPSA) is 94.5 Å². The highest BCUT2D eigenvalue weighted by Crippen LogP contribution is 2.32. The van der Waals surface area contributed by atoms with Gasteiger partial charge in [-0.05, 0) is 35.7 Å². The molecule has 0 saturated carbocycles. The van der Waals surface area contributed by atoms with Crippen molar-refractivity contribution < 1.29 is 19.4 Å². The van der Waals surface area contributed by atoms with Crippen molar-refractivity contribution in [2.45, 2.75) is 31.5 Å². The summed E-state index contributed by atoms with van der Waals surface area (Å²) in [5, 5.41) is 12.3. The summed E-state index contributed by atoms with van der Waals surface area (Å²) < 4.78 is 5.95. The number of guanidine groups is 1. The normalized spacial score (nSPS) is 16.1. The van der Waals surface area contributed by atoms with E-state index < -0.39 is 6.04 Å². The Bertz CT molecular complexity index is 1260. The van der Waals surface area contributed by atoms with E-state index in [0.717, 1.165) is 22.4 Å². The van der Waals surface area contributed by atoms with Gasteiger partial charge >= 0.3 is 0 Å². The Morgan fingerprint density at radius 3 is 2.43 bits per heavy atom. The molecule has 2 aliphatic heterocycles. The number of rotatable bonds is 9. The predicted octanol–water partition coefficient (Wildman–Crippen LogP) is 3.39. The number of aliphatic hydroxyl groups excluding tert-OH is 1. The summed E-state index contributed by atoms with van der Waals surface area (Å²) in [7, 11) is 1.85. The first-order valence-corrected chi connectivity index (χ1v) is 12.4. The Kier molecular flexibility index (Phi) is 7.18. The molecule has 2 N–H and O–H groups in total. The van der Waals surface area contributed by atoms with Crippen molar-refractivity contribution in [1.29, 1.82) is 0 Å². The fraction of sp³-hybridized carbons (Fsp3) is 0.276. The Labute approximate surface area is 216 Å². The summed E-state index contributed by atoms with van der Waals surface area (Å²) in [4.78, 5) is 33.2. The number of aliphatic imine (C=N–C) groups is 1. The third-order valence-electron chi connectivity index (χ3n) is 6.79. The lowest BCUT2D eigenvalue weighted by molar-refractivity contribution is -0.131. The highest BCUT2D eigenvalue weighted by Gasteiger charge is 2.38. The molecule has 1 fully saturated rings. The van der Waals surface area contributed by atoms with Crippen LogP contribution in [0.15, 0.2) is 83.9 Å². The van der Waals surface area contributed by atoms with Gasteiger partial charge in [0, 0.05) is 25.6 Å². The lowest BCUT2D eigenvalue weighted by atomic mass is 9.97. The molecule has 0 bridgehead atoms. The Morgan fingerprint density at radius 1 is 1.11 bits per heavy atom. The second kappa shape index (κ2) is 10.8. The zero-order valence-corrected chi connectivity index (χ0v) is 20.7. The molecule has 0 spiro atoms. The quantitative estimate of drug-likeness (QED) is 0.441. The minimum atomic E-state index is -0.630. The number of hydrogen-bond donors (Lipinski definition) is 2. The molecule has 1 unspecified atom stereocenters. The van der Waals surface area contributed by atoms with E-state index in [4.69, 9.17) is 4.74 Å². The first-order valence-electron chi connectivity index (χ1n) is 12.4. The van der Waals surface area contributed by atoms with E-state index in [2.05, 4.69) is 10.3 Å². The first kappa shape index (κ1) is 24.5. The third kappa shape index (κ3) is 5.20. The Balaban J connectivity index is 1.18. The summed E-state index contributed by atoms with van der Waals surface area (Å²) in [5.41, 5.74) is 3.82. The summed E-state index contributed by atoms with van der Waals surface area (Å²) >= 11 is 0. The molecule has 190 valence electrons. The van der Waals surface area contributed by atoms with Gasteiger partial charge in [0.05, 0.1) is 24.9 Å². The van der Waals surface area contributed by atoms with Crippen molar-refractivity contribution in [2.75, 3.05) is 20.3 Å². The van der Waals surface area contributed by atoms with Crippen LogP contribution in [-0.2, 0) is 16.1 Å². The number of ether oxygens (including phenoxy) is 1. The molecule has 8 heteroatoms. The van der Waals surface area contributed by atoms with Gasteiger partial charge in [-0.15, -0.1) is 0 Å². The van der Waals surface area contributed by atoms with Gasteiger partial charge in [-0.2, -0.15) is 0 Å². The summed E-state index contributed by atoms with van der Waals surface area (Å²) in [6, 6.07) is 24.9. The van der Waals surface area contributed by atoms with Gasteiger partial charge in [0.1, 0.15) is 11.8 Å². The largest absolute Gasteiger partial charge is 0.494 e. The fourth-order valence-corrected chi connectivity index (χ4v) is 4.84. The second-order valence-electron chi connectivity index (χ2n) is 9.22. The molecule has 2 amide bonds. The van der Waals surface area contributed by atoms with E-state index in [1.54, 1.807) is 4.90 Å². The lowest BCUT2D eigenvalue weighted by Crippen LogP contribution is -2.39. The van der Waals surface area contributed by atoms with Crippen molar-refractivity contribution in [1.82, 2.24) is 15.1 Å². The van der Waals surface area contributed by atoms with Crippen molar-refractivity contribution in [3.63, 3.8) is 0 Å². The minimum absolute atomic E-state index is 0.0508. The molecular formula is C29H30N4O4. The van der Waals surface area contributed by atoms with Gasteiger partial charge in [0.25, 0.3) is 5.91 Å². The zero-order valence-electron chi connectivity index (χ0n) is 20.7. The molecule has 2 aliphatic rings. The fourth-order valence-electron chi connectivity index (χ4n) is 4.84. The molecule has 37 heavy (non-hydrogen) atoms. The van der Waals surface area contributed by atoms with Gasteiger partial charge < -0.3 is 19.6 Å². The molecule has 5 rings (SSSR count). The number of nitrogens with one attached hydrogen (secondary N) is 1. The molecule has 3 aromatic carbocycles. The Hall–Kier alpha value is -4.17. The average Bonchev–Trinajstić information content (AvgIpc) is 3.24. The molecule has 3 aromatic rings. The van der Waals surface area contributed by atoms with Gasteiger partial charge in [-0.1, -0.05) is 60.7 Å². The van der Waals surface area contributed by atoms with Crippen LogP contribution >= 0.6 is 0 Å². The van der Waals surface area contributed by atoms with E-state index in [9.17, 15) is 14.7 Å². The standard InChI is InChI=1S/C29H30N4O4/c1-32(27(20-9-4-2-5-10-20)21-11-6-3-7-12-21)26(35)13-8-16-37-23-14-15-24-22(17-23)18-33-25(19-34)28(36)31-29(33)30-24/h2-7,9-12,14-15,17,25,27,34H,8,13,16,18-19H2,1H3,(H,30,31,36). The minimum Gasteiger partial charge on any atom is -0.494 e. The zero-order chi connectivity index (χ0) is 25.8. The monoisotopic (exact) mass is 498 g/mol. The van der Waals surface area contributed by atoms with Crippen LogP contribution in [0, 0.1) is 0 Å². The van der Waals surface area contributed by atoms with Crippen molar-refractivity contribution in [3.8, 4) is 5.75 Å². The number of nitrogens with zero attached hydrogens (tertiary/aromatic N) is 3. The van der Waals surface area contributed by atoms with E-state index in [-0.39, 0.29) is 24.5 Å². The maximum atomic E-state index is 13.1. The van der Waals surface area contributed by atoms with Crippen LogP contribution in [0.4, 0.5) is 5.69 Å². The maximum Gasteiger partial charge on any atom is 0.251 e. The van der Waals surface area contributed by atoms with Crippen LogP contribution in [0.2, 0.25) is 0 Å². The van der Waals surface area contributed by atoms with Gasteiger partial charge in [-0.25, -0.2) is 4.99 Å². The number of carbonyl (C=O) groups excluding carboxylic acids is 2. The van der Waals surface area contributed by atoms with E-state index >= 15 is 0 Å². The van der Waals surface area contributed by atoms with Crippen LogP contribution in [0.5, 0.6) is 5.75 Å². The molecule has 2 heterocycles. The van der Waals surface area contributed by atoms with Crippen LogP contribution < -0.4 is 10.1 Å². The summed E-state index contributed by atoms with van der Waals surface area (Å²) in [6.07, 6.45) is 0.945. The molecule has 1 atom stereocenters. The second-order valence-corrected chi connectivity index (χ2v) is 9.22. The summed E-state index contributed by atoms with van der Waals surface area (Å²) in [6.45, 7) is 0.588. The van der Waals surface area contributed by atoms with E-state index in [1.165, 1.54) is 0 Å². The smallest absolute Gasteiger partial charge is 0.251 e. The van der Waals surface area contributed by atoms with Gasteiger partial charge in [0.15, 0.2) is 0 Å². The van der Waals surface area contributed by atoms with Gasteiger partial charge in [0.2, 0.25) is 11.9 Å². The highest BCUT2D eigenvalue weighted by molar-refractivity contribution is 6.07. The molecule has 0 aliphatic carbocycles. The average molecular weight is 499 g/mol. The molecule has 8 nitrogen and oxygen atoms in total. The van der Waals surface area contributed by atoms with Crippen molar-refractivity contribution >= 4 is 23.5 Å². The Morgan fingerprint density at radius 2 is 1.78 bits per heavy atom. The highest BCUT2D eigenvalue weighted by atomic mass is 16.5. The molecule has 1 saturated heterocycles. The number of benzene rings is 3. The maximum absolute atomic E-state index is 13.1. The lowest BCUT2D eigenvalue weighted by Gasteiger charge is -2.29. The third-order valence-corrected chi connectivity index (χ3v) is 6.79. The van der Waals surface area contributed by atoms with Crippen molar-refractivity contribution in [2.24, 2.45) is 4.99 Å². The summed E-state index contributed by atoms with van der Waals surface area (Å²) in [5.74, 6) is 0.956. The van der Waals surface area contributed by atoms with Crippen LogP contribution in [0.3, 0.4) is 0 Å². The molecule has 0 radical (unpaired) electrons. The number of amides is 2. The number of aliphatic hydroxyl groups is 1. The molecular weight excluding hydrogens is 468 g/mol. The van der Waals surface area contributed by atoms with Crippen LogP contribution in [-0.4, -0.2) is 59.0 Å². The molecule has 0 aromatic heterocycles. The first-order chi connectivity index (χ1) is 18.0. The number of carbonyl (C=O) groups is 2. The SMILES string of the molecule is CN(C(=O)CCCOc1ccc2c(c1)CN1C(=N2)NC(=O)C1CO)C(c1ccccc1)c1ccccc1. The predicted molar refractivity (Wildman–Crippen MR) is 140 cm³/mol. The van der Waals surface area contributed by atoms with Crippen LogP contribution in [0.25, 0.3) is 0 Å². The number of hydrogen-bond acceptors (Lipinski definition) is 6. The van der Waals surface area contributed by atoms with Crippen molar-refractivity contribution in [3.05, 3.63) is 95.6 Å².